The van der Waals surface area contributed by atoms with Crippen molar-refractivity contribution in [3.05, 3.63) is 53.9 Å². The van der Waals surface area contributed by atoms with Gasteiger partial charge in [-0.1, -0.05) is 6.07 Å². The van der Waals surface area contributed by atoms with Gasteiger partial charge >= 0.3 is 0 Å². The van der Waals surface area contributed by atoms with E-state index in [-0.39, 0.29) is 23.9 Å². The molecular weight excluding hydrogens is 356 g/mol. The Morgan fingerprint density at radius 2 is 1.86 bits per heavy atom. The van der Waals surface area contributed by atoms with Crippen molar-refractivity contribution in [2.75, 3.05) is 27.3 Å². The van der Waals surface area contributed by atoms with E-state index < -0.39 is 0 Å². The Kier molecular flexibility index (Phi) is 5.45. The van der Waals surface area contributed by atoms with Crippen LogP contribution in [0.1, 0.15) is 34.7 Å². The maximum Gasteiger partial charge on any atom is 0.261 e. The minimum absolute atomic E-state index is 0.0426. The Labute approximate surface area is 165 Å². The van der Waals surface area contributed by atoms with Crippen molar-refractivity contribution in [1.29, 1.82) is 0 Å². The minimum atomic E-state index is -0.0426. The van der Waals surface area contributed by atoms with E-state index in [0.29, 0.717) is 17.1 Å². The number of pyridine rings is 1. The molecule has 3 atom stereocenters. The molecule has 1 amide bonds. The normalized spacial score (nSPS) is 24.4. The van der Waals surface area contributed by atoms with E-state index in [2.05, 4.69) is 28.0 Å². The highest BCUT2D eigenvalue weighted by atomic mass is 16.5. The number of nitrogens with one attached hydrogen (secondary N) is 2. The topological polar surface area (TPSA) is 75.7 Å². The molecule has 2 fully saturated rings. The van der Waals surface area contributed by atoms with Crippen LogP contribution in [-0.4, -0.2) is 55.2 Å². The van der Waals surface area contributed by atoms with Crippen LogP contribution in [-0.2, 0) is 0 Å². The summed E-state index contributed by atoms with van der Waals surface area (Å²) in [5.74, 6) is 1.32. The number of aromatic nitrogens is 1. The summed E-state index contributed by atoms with van der Waals surface area (Å²) >= 11 is 0. The summed E-state index contributed by atoms with van der Waals surface area (Å²) in [4.78, 5) is 19.6. The van der Waals surface area contributed by atoms with Crippen molar-refractivity contribution >= 4 is 5.91 Å². The first kappa shape index (κ1) is 18.7. The maximum absolute atomic E-state index is 13.5. The number of methoxy groups -OCH3 is 2. The summed E-state index contributed by atoms with van der Waals surface area (Å²) in [5.41, 5.74) is 8.42. The monoisotopic (exact) mass is 382 g/mol. The average molecular weight is 382 g/mol. The van der Waals surface area contributed by atoms with E-state index in [9.17, 15) is 4.79 Å². The standard InChI is InChI=1S/C21H26N4O3/c1-27-17-6-3-7-18(28-2)19(17)21(26)25-12-4-5-16(25)20-15(13-23-24-20)14-8-10-22-11-9-14/h3,6-11,15-16,20,23-24H,4-5,12-13H2,1-2H3. The number of hydrogen-bond acceptors (Lipinski definition) is 6. The fourth-order valence-electron chi connectivity index (χ4n) is 4.44. The second-order valence-electron chi connectivity index (χ2n) is 7.18. The van der Waals surface area contributed by atoms with Crippen LogP contribution in [0.3, 0.4) is 0 Å². The summed E-state index contributed by atoms with van der Waals surface area (Å²) < 4.78 is 10.9. The highest BCUT2D eigenvalue weighted by Gasteiger charge is 2.42. The molecule has 0 radical (unpaired) electrons. The van der Waals surface area contributed by atoms with Crippen molar-refractivity contribution < 1.29 is 14.3 Å². The van der Waals surface area contributed by atoms with Gasteiger partial charge in [0.2, 0.25) is 0 Å². The third-order valence-electron chi connectivity index (χ3n) is 5.77. The quantitative estimate of drug-likeness (QED) is 0.824. The molecule has 1 aromatic heterocycles. The largest absolute Gasteiger partial charge is 0.496 e. The molecule has 1 aromatic carbocycles. The summed E-state index contributed by atoms with van der Waals surface area (Å²) in [6.45, 7) is 1.55. The Balaban J connectivity index is 1.63. The van der Waals surface area contributed by atoms with Crippen LogP contribution in [0.5, 0.6) is 11.5 Å². The summed E-state index contributed by atoms with van der Waals surface area (Å²) in [6, 6.07) is 9.77. The lowest BCUT2D eigenvalue weighted by atomic mass is 9.88. The first-order valence-electron chi connectivity index (χ1n) is 9.65. The Morgan fingerprint density at radius 3 is 2.54 bits per heavy atom. The zero-order chi connectivity index (χ0) is 19.5. The predicted molar refractivity (Wildman–Crippen MR) is 106 cm³/mol. The summed E-state index contributed by atoms with van der Waals surface area (Å²) in [5, 5.41) is 0. The Morgan fingerprint density at radius 1 is 1.14 bits per heavy atom. The fourth-order valence-corrected chi connectivity index (χ4v) is 4.44. The van der Waals surface area contributed by atoms with E-state index >= 15 is 0 Å². The van der Waals surface area contributed by atoms with Crippen molar-refractivity contribution in [3.63, 3.8) is 0 Å². The van der Waals surface area contributed by atoms with E-state index in [1.165, 1.54) is 5.56 Å². The van der Waals surface area contributed by atoms with Gasteiger partial charge in [0.1, 0.15) is 17.1 Å². The molecule has 0 saturated carbocycles. The molecule has 4 rings (SSSR count). The lowest BCUT2D eigenvalue weighted by molar-refractivity contribution is 0.0698. The summed E-state index contributed by atoms with van der Waals surface area (Å²) in [6.07, 6.45) is 5.59. The van der Waals surface area contributed by atoms with Crippen LogP contribution in [0.2, 0.25) is 0 Å². The Hall–Kier alpha value is -2.64. The molecule has 2 N–H and O–H groups in total. The third-order valence-corrected chi connectivity index (χ3v) is 5.77. The predicted octanol–water partition coefficient (Wildman–Crippen LogP) is 1.96. The van der Waals surface area contributed by atoms with Gasteiger partial charge in [-0.2, -0.15) is 0 Å². The molecule has 28 heavy (non-hydrogen) atoms. The number of likely N-dealkylation sites (tertiary alicyclic amines) is 1. The van der Waals surface area contributed by atoms with Crippen LogP contribution < -0.4 is 20.3 Å². The molecule has 0 bridgehead atoms. The number of nitrogens with zero attached hydrogens (tertiary/aromatic N) is 2. The Bertz CT molecular complexity index is 807. The van der Waals surface area contributed by atoms with Crippen LogP contribution in [0.4, 0.5) is 0 Å². The second kappa shape index (κ2) is 8.16. The first-order chi connectivity index (χ1) is 13.7. The molecule has 7 nitrogen and oxygen atoms in total. The van der Waals surface area contributed by atoms with Crippen LogP contribution in [0.25, 0.3) is 0 Å². The van der Waals surface area contributed by atoms with Gasteiger partial charge in [-0.3, -0.25) is 20.6 Å². The molecule has 7 heteroatoms. The molecule has 2 aromatic rings. The van der Waals surface area contributed by atoms with Crippen LogP contribution in [0, 0.1) is 0 Å². The lowest BCUT2D eigenvalue weighted by Crippen LogP contribution is -2.50. The molecule has 0 spiro atoms. The van der Waals surface area contributed by atoms with Crippen molar-refractivity contribution in [1.82, 2.24) is 20.7 Å². The molecule has 3 heterocycles. The van der Waals surface area contributed by atoms with E-state index in [4.69, 9.17) is 9.47 Å². The number of benzene rings is 1. The fraction of sp³-hybridized carbons (Fsp3) is 0.429. The van der Waals surface area contributed by atoms with Crippen molar-refractivity contribution in [2.45, 2.75) is 30.8 Å². The van der Waals surface area contributed by atoms with Gasteiger partial charge in [0, 0.05) is 43.5 Å². The SMILES string of the molecule is COc1cccc(OC)c1C(=O)N1CCCC1C1NNCC1c1ccncc1. The highest BCUT2D eigenvalue weighted by Crippen LogP contribution is 2.35. The smallest absolute Gasteiger partial charge is 0.261 e. The summed E-state index contributed by atoms with van der Waals surface area (Å²) in [7, 11) is 3.16. The van der Waals surface area contributed by atoms with Crippen molar-refractivity contribution in [3.8, 4) is 11.5 Å². The number of carbonyl (C=O) groups excluding carboxylic acids is 1. The number of hydrazine groups is 1. The number of ether oxygens (including phenoxy) is 2. The minimum Gasteiger partial charge on any atom is -0.496 e. The second-order valence-corrected chi connectivity index (χ2v) is 7.18. The number of carbonyl (C=O) groups is 1. The zero-order valence-electron chi connectivity index (χ0n) is 16.2. The highest BCUT2D eigenvalue weighted by molar-refractivity contribution is 6.00. The number of rotatable bonds is 5. The van der Waals surface area contributed by atoms with Crippen molar-refractivity contribution in [2.24, 2.45) is 0 Å². The van der Waals surface area contributed by atoms with Crippen LogP contribution in [0.15, 0.2) is 42.7 Å². The molecule has 148 valence electrons. The zero-order valence-corrected chi connectivity index (χ0v) is 16.2. The average Bonchev–Trinajstić information content (AvgIpc) is 3.42. The third kappa shape index (κ3) is 3.31. The molecule has 2 aliphatic rings. The van der Waals surface area contributed by atoms with E-state index in [1.54, 1.807) is 26.4 Å². The maximum atomic E-state index is 13.5. The number of hydrogen-bond donors (Lipinski definition) is 2. The van der Waals surface area contributed by atoms with Gasteiger partial charge in [-0.25, -0.2) is 0 Å². The van der Waals surface area contributed by atoms with Gasteiger partial charge < -0.3 is 14.4 Å². The molecule has 2 aliphatic heterocycles. The van der Waals surface area contributed by atoms with Gasteiger partial charge in [-0.05, 0) is 42.7 Å². The van der Waals surface area contributed by atoms with Crippen LogP contribution >= 0.6 is 0 Å². The van der Waals surface area contributed by atoms with Gasteiger partial charge in [-0.15, -0.1) is 0 Å². The van der Waals surface area contributed by atoms with E-state index in [0.717, 1.165) is 25.9 Å². The first-order valence-corrected chi connectivity index (χ1v) is 9.65. The molecular formula is C21H26N4O3. The number of amides is 1. The van der Waals surface area contributed by atoms with Gasteiger partial charge in [0.05, 0.1) is 14.2 Å². The lowest BCUT2D eigenvalue weighted by Gasteiger charge is -2.33. The molecule has 0 aliphatic carbocycles. The van der Waals surface area contributed by atoms with Gasteiger partial charge in [0.15, 0.2) is 0 Å². The molecule has 2 saturated heterocycles. The van der Waals surface area contributed by atoms with E-state index in [1.807, 2.05) is 23.4 Å². The molecule has 3 unspecified atom stereocenters. The van der Waals surface area contributed by atoms with Gasteiger partial charge in [0.25, 0.3) is 5.91 Å².